The predicted molar refractivity (Wildman–Crippen MR) is 124 cm³/mol. The number of rotatable bonds is 8. The second kappa shape index (κ2) is 10.1. The van der Waals surface area contributed by atoms with Crippen molar-refractivity contribution in [1.82, 2.24) is 5.32 Å². The van der Waals surface area contributed by atoms with Gasteiger partial charge >= 0.3 is 5.97 Å². The summed E-state index contributed by atoms with van der Waals surface area (Å²) in [5.74, 6) is 0.631. The molecule has 0 heterocycles. The smallest absolute Gasteiger partial charge is 0.344 e. The fourth-order valence-corrected chi connectivity index (χ4v) is 4.72. The van der Waals surface area contributed by atoms with E-state index in [1.807, 2.05) is 42.5 Å². The Balaban J connectivity index is 1.35. The largest absolute Gasteiger partial charge is 0.482 e. The highest BCUT2D eigenvalue weighted by molar-refractivity contribution is 5.86. The maximum absolute atomic E-state index is 14.2. The van der Waals surface area contributed by atoms with Gasteiger partial charge in [-0.25, -0.2) is 9.18 Å². The van der Waals surface area contributed by atoms with Gasteiger partial charge in [-0.3, -0.25) is 0 Å². The van der Waals surface area contributed by atoms with E-state index in [0.29, 0.717) is 29.7 Å². The molecule has 32 heavy (non-hydrogen) atoms. The zero-order valence-corrected chi connectivity index (χ0v) is 18.6. The summed E-state index contributed by atoms with van der Waals surface area (Å²) in [4.78, 5) is 11.4. The summed E-state index contributed by atoms with van der Waals surface area (Å²) in [6, 6.07) is 19.7. The SMILES string of the molecule is CCOC(=O)COc1ccc([C@@H]2CC[C@H](N[C@H](C)c3ccc(F)c4ccccc34)C2)cc1. The van der Waals surface area contributed by atoms with Gasteiger partial charge in [0, 0.05) is 17.5 Å². The maximum Gasteiger partial charge on any atom is 0.344 e. The number of halogens is 1. The minimum atomic E-state index is -0.357. The van der Waals surface area contributed by atoms with E-state index in [2.05, 4.69) is 24.4 Å². The Morgan fingerprint density at radius 3 is 2.56 bits per heavy atom. The van der Waals surface area contributed by atoms with Crippen LogP contribution in [0, 0.1) is 5.82 Å². The Morgan fingerprint density at radius 2 is 1.81 bits per heavy atom. The van der Waals surface area contributed by atoms with Crippen LogP contribution in [0.5, 0.6) is 5.75 Å². The van der Waals surface area contributed by atoms with Gasteiger partial charge in [0.2, 0.25) is 0 Å². The quantitative estimate of drug-likeness (QED) is 0.447. The molecule has 0 unspecified atom stereocenters. The van der Waals surface area contributed by atoms with Crippen LogP contribution in [0.25, 0.3) is 10.8 Å². The zero-order valence-electron chi connectivity index (χ0n) is 18.6. The van der Waals surface area contributed by atoms with Crippen LogP contribution < -0.4 is 10.1 Å². The Morgan fingerprint density at radius 1 is 1.06 bits per heavy atom. The molecule has 1 aliphatic rings. The monoisotopic (exact) mass is 435 g/mol. The molecule has 0 aromatic heterocycles. The third-order valence-electron chi connectivity index (χ3n) is 6.30. The van der Waals surface area contributed by atoms with E-state index in [-0.39, 0.29) is 24.4 Å². The molecule has 3 aromatic rings. The van der Waals surface area contributed by atoms with Gasteiger partial charge in [0.1, 0.15) is 11.6 Å². The summed E-state index contributed by atoms with van der Waals surface area (Å²) in [7, 11) is 0. The fraction of sp³-hybridized carbons (Fsp3) is 0.370. The summed E-state index contributed by atoms with van der Waals surface area (Å²) in [5.41, 5.74) is 2.42. The lowest BCUT2D eigenvalue weighted by atomic mass is 9.96. The Hall–Kier alpha value is -2.92. The lowest BCUT2D eigenvalue weighted by Crippen LogP contribution is -2.29. The molecule has 5 heteroatoms. The van der Waals surface area contributed by atoms with Crippen molar-refractivity contribution in [3.8, 4) is 5.75 Å². The molecule has 0 saturated heterocycles. The molecule has 0 bridgehead atoms. The number of hydrogen-bond acceptors (Lipinski definition) is 4. The molecule has 168 valence electrons. The van der Waals surface area contributed by atoms with Gasteiger partial charge in [0.25, 0.3) is 0 Å². The summed E-state index contributed by atoms with van der Waals surface area (Å²) in [6.45, 7) is 4.22. The number of benzene rings is 3. The number of esters is 1. The Bertz CT molecular complexity index is 1070. The van der Waals surface area contributed by atoms with Crippen LogP contribution in [0.3, 0.4) is 0 Å². The number of nitrogens with one attached hydrogen (secondary N) is 1. The first-order chi connectivity index (χ1) is 15.5. The second-order valence-electron chi connectivity index (χ2n) is 8.44. The van der Waals surface area contributed by atoms with E-state index in [0.717, 1.165) is 30.2 Å². The zero-order chi connectivity index (χ0) is 22.5. The van der Waals surface area contributed by atoms with Gasteiger partial charge in [-0.05, 0) is 73.7 Å². The van der Waals surface area contributed by atoms with E-state index >= 15 is 0 Å². The first-order valence-electron chi connectivity index (χ1n) is 11.4. The molecule has 0 spiro atoms. The van der Waals surface area contributed by atoms with E-state index < -0.39 is 0 Å². The molecule has 0 aliphatic heterocycles. The third-order valence-corrected chi connectivity index (χ3v) is 6.30. The number of fused-ring (bicyclic) bond motifs is 1. The maximum atomic E-state index is 14.2. The van der Waals surface area contributed by atoms with Crippen molar-refractivity contribution in [2.45, 2.75) is 51.1 Å². The van der Waals surface area contributed by atoms with Crippen molar-refractivity contribution in [3.63, 3.8) is 0 Å². The molecular weight excluding hydrogens is 405 g/mol. The van der Waals surface area contributed by atoms with Crippen molar-refractivity contribution < 1.29 is 18.7 Å². The van der Waals surface area contributed by atoms with Crippen molar-refractivity contribution >= 4 is 16.7 Å². The van der Waals surface area contributed by atoms with Gasteiger partial charge in [0.05, 0.1) is 6.61 Å². The minimum Gasteiger partial charge on any atom is -0.482 e. The van der Waals surface area contributed by atoms with E-state index in [1.54, 1.807) is 13.0 Å². The number of carbonyl (C=O) groups excluding carboxylic acids is 1. The van der Waals surface area contributed by atoms with Crippen LogP contribution in [-0.2, 0) is 9.53 Å². The first-order valence-corrected chi connectivity index (χ1v) is 11.4. The lowest BCUT2D eigenvalue weighted by Gasteiger charge is -2.22. The van der Waals surface area contributed by atoms with Crippen LogP contribution in [0.4, 0.5) is 4.39 Å². The molecule has 1 fully saturated rings. The average molecular weight is 436 g/mol. The lowest BCUT2D eigenvalue weighted by molar-refractivity contribution is -0.145. The summed E-state index contributed by atoms with van der Waals surface area (Å²) < 4.78 is 24.5. The molecule has 1 N–H and O–H groups in total. The third kappa shape index (κ3) is 5.10. The summed E-state index contributed by atoms with van der Waals surface area (Å²) in [6.07, 6.45) is 3.29. The molecule has 1 saturated carbocycles. The number of hydrogen-bond donors (Lipinski definition) is 1. The normalized spacial score (nSPS) is 19.1. The topological polar surface area (TPSA) is 47.6 Å². The Kier molecular flexibility index (Phi) is 7.05. The van der Waals surface area contributed by atoms with Crippen LogP contribution >= 0.6 is 0 Å². The summed E-state index contributed by atoms with van der Waals surface area (Å²) in [5, 5.41) is 5.41. The molecule has 4 nitrogen and oxygen atoms in total. The first kappa shape index (κ1) is 22.3. The van der Waals surface area contributed by atoms with Crippen LogP contribution in [0.2, 0.25) is 0 Å². The van der Waals surface area contributed by atoms with Gasteiger partial charge in [-0.2, -0.15) is 0 Å². The highest BCUT2D eigenvalue weighted by Gasteiger charge is 2.27. The van der Waals surface area contributed by atoms with Crippen molar-refractivity contribution in [2.24, 2.45) is 0 Å². The predicted octanol–water partition coefficient (Wildman–Crippen LogP) is 5.91. The molecular formula is C27H30FNO3. The van der Waals surface area contributed by atoms with E-state index in [9.17, 15) is 9.18 Å². The van der Waals surface area contributed by atoms with Gasteiger partial charge < -0.3 is 14.8 Å². The summed E-state index contributed by atoms with van der Waals surface area (Å²) >= 11 is 0. The standard InChI is InChI=1S/C27H30FNO3/c1-3-31-27(30)17-32-22-12-9-19(10-13-22)20-8-11-21(16-20)29-18(2)23-14-15-26(28)25-7-5-4-6-24(23)25/h4-7,9-10,12-15,18,20-21,29H,3,8,11,16-17H2,1-2H3/t18-,20-,21+/m1/s1. The van der Waals surface area contributed by atoms with Crippen LogP contribution in [0.1, 0.15) is 56.2 Å². The van der Waals surface area contributed by atoms with Gasteiger partial charge in [-0.1, -0.05) is 42.5 Å². The molecule has 0 radical (unpaired) electrons. The number of ether oxygens (including phenoxy) is 2. The molecule has 0 amide bonds. The van der Waals surface area contributed by atoms with Crippen molar-refractivity contribution in [1.29, 1.82) is 0 Å². The highest BCUT2D eigenvalue weighted by Crippen LogP contribution is 2.36. The van der Waals surface area contributed by atoms with E-state index in [4.69, 9.17) is 9.47 Å². The second-order valence-corrected chi connectivity index (χ2v) is 8.44. The number of carbonyl (C=O) groups is 1. The minimum absolute atomic E-state index is 0.0709. The van der Waals surface area contributed by atoms with Crippen molar-refractivity contribution in [2.75, 3.05) is 13.2 Å². The molecule has 3 atom stereocenters. The van der Waals surface area contributed by atoms with Crippen LogP contribution in [-0.4, -0.2) is 25.2 Å². The average Bonchev–Trinajstić information content (AvgIpc) is 3.27. The highest BCUT2D eigenvalue weighted by atomic mass is 19.1. The molecule has 1 aliphatic carbocycles. The van der Waals surface area contributed by atoms with Crippen molar-refractivity contribution in [3.05, 3.63) is 77.6 Å². The molecule has 4 rings (SSSR count). The fourth-order valence-electron chi connectivity index (χ4n) is 4.72. The van der Waals surface area contributed by atoms with Gasteiger partial charge in [-0.15, -0.1) is 0 Å². The van der Waals surface area contributed by atoms with Crippen LogP contribution in [0.15, 0.2) is 60.7 Å². The molecule has 3 aromatic carbocycles. The van der Waals surface area contributed by atoms with Gasteiger partial charge in [0.15, 0.2) is 6.61 Å². The Labute approximate surface area is 188 Å². The van der Waals surface area contributed by atoms with E-state index in [1.165, 1.54) is 5.56 Å².